The predicted octanol–water partition coefficient (Wildman–Crippen LogP) is 1.00. The number of rotatable bonds is 4. The number of hydrogen-bond donors (Lipinski definition) is 1. The largest absolute Gasteiger partial charge is 0.479 e. The summed E-state index contributed by atoms with van der Waals surface area (Å²) in [7, 11) is 0. The molecule has 0 saturated heterocycles. The standard InChI is InChI=1S/C10H7N3O5/c14-9(15)4-18-10-7-3-6(13(16)17)1-2-8(7)11-5-12-10/h1-3,5H,4H2,(H,14,15). The van der Waals surface area contributed by atoms with E-state index in [4.69, 9.17) is 9.84 Å². The number of aromatic nitrogens is 2. The van der Waals surface area contributed by atoms with Gasteiger partial charge in [0.05, 0.1) is 15.8 Å². The van der Waals surface area contributed by atoms with Gasteiger partial charge in [-0.05, 0) is 6.07 Å². The van der Waals surface area contributed by atoms with Crippen molar-refractivity contribution in [3.8, 4) is 5.88 Å². The fourth-order valence-electron chi connectivity index (χ4n) is 1.38. The molecular weight excluding hydrogens is 242 g/mol. The highest BCUT2D eigenvalue weighted by Gasteiger charge is 2.12. The molecule has 8 nitrogen and oxygen atoms in total. The Hall–Kier alpha value is -2.77. The van der Waals surface area contributed by atoms with Crippen LogP contribution in [0, 0.1) is 10.1 Å². The Bertz CT molecular complexity index is 628. The number of non-ortho nitro benzene ring substituents is 1. The summed E-state index contributed by atoms with van der Waals surface area (Å²) in [5.41, 5.74) is 0.300. The molecule has 2 rings (SSSR count). The van der Waals surface area contributed by atoms with Gasteiger partial charge in [-0.15, -0.1) is 0 Å². The van der Waals surface area contributed by atoms with Gasteiger partial charge in [-0.25, -0.2) is 14.8 Å². The zero-order valence-electron chi connectivity index (χ0n) is 8.94. The minimum atomic E-state index is -1.16. The van der Waals surface area contributed by atoms with Crippen molar-refractivity contribution in [2.75, 3.05) is 6.61 Å². The molecule has 1 N–H and O–H groups in total. The molecule has 0 bridgehead atoms. The van der Waals surface area contributed by atoms with E-state index in [9.17, 15) is 14.9 Å². The number of carboxylic acid groups (broad SMARTS) is 1. The van der Waals surface area contributed by atoms with Crippen molar-refractivity contribution in [3.63, 3.8) is 0 Å². The minimum Gasteiger partial charge on any atom is -0.479 e. The van der Waals surface area contributed by atoms with Crippen LogP contribution in [0.15, 0.2) is 24.5 Å². The molecule has 0 spiro atoms. The maximum absolute atomic E-state index is 10.7. The van der Waals surface area contributed by atoms with E-state index in [-0.39, 0.29) is 11.6 Å². The maximum Gasteiger partial charge on any atom is 0.341 e. The van der Waals surface area contributed by atoms with Gasteiger partial charge in [0, 0.05) is 12.1 Å². The van der Waals surface area contributed by atoms with Gasteiger partial charge < -0.3 is 9.84 Å². The molecule has 0 radical (unpaired) electrons. The lowest BCUT2D eigenvalue weighted by Gasteiger charge is -2.04. The number of benzene rings is 1. The Kier molecular flexibility index (Phi) is 3.00. The molecule has 0 aliphatic heterocycles. The summed E-state index contributed by atoms with van der Waals surface area (Å²) in [5, 5.41) is 19.5. The zero-order valence-corrected chi connectivity index (χ0v) is 8.94. The number of fused-ring (bicyclic) bond motifs is 1. The van der Waals surface area contributed by atoms with Gasteiger partial charge in [0.25, 0.3) is 5.69 Å². The summed E-state index contributed by atoms with van der Waals surface area (Å²) >= 11 is 0. The first-order valence-electron chi connectivity index (χ1n) is 4.81. The fraction of sp³-hybridized carbons (Fsp3) is 0.100. The van der Waals surface area contributed by atoms with E-state index in [1.807, 2.05) is 0 Å². The van der Waals surface area contributed by atoms with E-state index in [1.165, 1.54) is 24.5 Å². The quantitative estimate of drug-likeness (QED) is 0.634. The number of carbonyl (C=O) groups is 1. The van der Waals surface area contributed by atoms with Gasteiger partial charge in [0.15, 0.2) is 6.61 Å². The smallest absolute Gasteiger partial charge is 0.341 e. The third kappa shape index (κ3) is 2.32. The molecule has 0 unspecified atom stereocenters. The first-order valence-corrected chi connectivity index (χ1v) is 4.81. The van der Waals surface area contributed by atoms with Crippen molar-refractivity contribution >= 4 is 22.6 Å². The molecule has 0 amide bonds. The molecule has 2 aromatic rings. The van der Waals surface area contributed by atoms with Crippen LogP contribution in [0.1, 0.15) is 0 Å². The van der Waals surface area contributed by atoms with Crippen LogP contribution in [-0.2, 0) is 4.79 Å². The summed E-state index contributed by atoms with van der Waals surface area (Å²) < 4.78 is 4.94. The number of carboxylic acids is 1. The molecule has 0 fully saturated rings. The Balaban J connectivity index is 2.48. The SMILES string of the molecule is O=C(O)COc1ncnc2ccc([N+](=O)[O-])cc12. The molecule has 0 atom stereocenters. The number of nitrogens with zero attached hydrogens (tertiary/aromatic N) is 3. The highest BCUT2D eigenvalue weighted by atomic mass is 16.6. The highest BCUT2D eigenvalue weighted by molar-refractivity contribution is 5.85. The number of ether oxygens (including phenoxy) is 1. The topological polar surface area (TPSA) is 115 Å². The average Bonchev–Trinajstić information content (AvgIpc) is 2.35. The highest BCUT2D eigenvalue weighted by Crippen LogP contribution is 2.25. The normalized spacial score (nSPS) is 10.2. The van der Waals surface area contributed by atoms with E-state index in [0.29, 0.717) is 10.9 Å². The van der Waals surface area contributed by atoms with Gasteiger partial charge in [-0.1, -0.05) is 0 Å². The number of aliphatic carboxylic acids is 1. The molecule has 1 heterocycles. The van der Waals surface area contributed by atoms with Gasteiger partial charge in [-0.2, -0.15) is 0 Å². The van der Waals surface area contributed by atoms with Crippen molar-refractivity contribution in [1.29, 1.82) is 0 Å². The molecule has 1 aromatic heterocycles. The second-order valence-corrected chi connectivity index (χ2v) is 3.32. The van der Waals surface area contributed by atoms with Crippen LogP contribution >= 0.6 is 0 Å². The molecule has 8 heteroatoms. The van der Waals surface area contributed by atoms with Crippen LogP contribution in [0.3, 0.4) is 0 Å². The van der Waals surface area contributed by atoms with Gasteiger partial charge in [-0.3, -0.25) is 10.1 Å². The summed E-state index contributed by atoms with van der Waals surface area (Å²) in [6.45, 7) is -0.575. The van der Waals surface area contributed by atoms with E-state index >= 15 is 0 Å². The zero-order chi connectivity index (χ0) is 13.1. The Morgan fingerprint density at radius 3 is 2.89 bits per heavy atom. The summed E-state index contributed by atoms with van der Waals surface area (Å²) in [6.07, 6.45) is 1.20. The third-order valence-corrected chi connectivity index (χ3v) is 2.13. The molecular formula is C10H7N3O5. The first-order chi connectivity index (χ1) is 8.58. The second kappa shape index (κ2) is 4.62. The van der Waals surface area contributed by atoms with Gasteiger partial charge >= 0.3 is 5.97 Å². The van der Waals surface area contributed by atoms with Crippen LogP contribution in [0.25, 0.3) is 10.9 Å². The van der Waals surface area contributed by atoms with Gasteiger partial charge in [0.2, 0.25) is 5.88 Å². The molecule has 0 aliphatic carbocycles. The van der Waals surface area contributed by atoms with Crippen molar-refractivity contribution in [1.82, 2.24) is 9.97 Å². The number of nitro benzene ring substituents is 1. The number of hydrogen-bond acceptors (Lipinski definition) is 6. The van der Waals surface area contributed by atoms with Crippen molar-refractivity contribution < 1.29 is 19.6 Å². The van der Waals surface area contributed by atoms with Crippen LogP contribution in [0.5, 0.6) is 5.88 Å². The average molecular weight is 249 g/mol. The van der Waals surface area contributed by atoms with Crippen molar-refractivity contribution in [2.45, 2.75) is 0 Å². The lowest BCUT2D eigenvalue weighted by molar-refractivity contribution is -0.384. The first kappa shape index (κ1) is 11.7. The molecule has 0 saturated carbocycles. The minimum absolute atomic E-state index is 0.00565. The predicted molar refractivity (Wildman–Crippen MR) is 59.3 cm³/mol. The van der Waals surface area contributed by atoms with Crippen LogP contribution in [0.4, 0.5) is 5.69 Å². The summed E-state index contributed by atoms with van der Waals surface area (Å²) in [5.74, 6) is -1.15. The Labute approximate surface area is 100 Å². The monoisotopic (exact) mass is 249 g/mol. The second-order valence-electron chi connectivity index (χ2n) is 3.32. The molecule has 18 heavy (non-hydrogen) atoms. The molecule has 0 aliphatic rings. The summed E-state index contributed by atoms with van der Waals surface area (Å²) in [4.78, 5) is 28.2. The van der Waals surface area contributed by atoms with Gasteiger partial charge in [0.1, 0.15) is 6.33 Å². The Morgan fingerprint density at radius 2 is 2.22 bits per heavy atom. The van der Waals surface area contributed by atoms with E-state index in [2.05, 4.69) is 9.97 Å². The summed E-state index contributed by atoms with van der Waals surface area (Å²) in [6, 6.07) is 3.99. The van der Waals surface area contributed by atoms with Crippen LogP contribution in [0.2, 0.25) is 0 Å². The fourth-order valence-corrected chi connectivity index (χ4v) is 1.38. The van der Waals surface area contributed by atoms with Crippen molar-refractivity contribution in [3.05, 3.63) is 34.6 Å². The molecule has 1 aromatic carbocycles. The van der Waals surface area contributed by atoms with E-state index < -0.39 is 17.5 Å². The number of nitro groups is 1. The molecule has 92 valence electrons. The third-order valence-electron chi connectivity index (χ3n) is 2.13. The van der Waals surface area contributed by atoms with Crippen molar-refractivity contribution in [2.24, 2.45) is 0 Å². The lowest BCUT2D eigenvalue weighted by Crippen LogP contribution is -2.10. The van der Waals surface area contributed by atoms with E-state index in [1.54, 1.807) is 0 Å². The maximum atomic E-state index is 10.7. The van der Waals surface area contributed by atoms with Crippen LogP contribution < -0.4 is 4.74 Å². The van der Waals surface area contributed by atoms with E-state index in [0.717, 1.165) is 0 Å². The van der Waals surface area contributed by atoms with Crippen LogP contribution in [-0.4, -0.2) is 32.6 Å². The Morgan fingerprint density at radius 1 is 1.44 bits per heavy atom. The lowest BCUT2D eigenvalue weighted by atomic mass is 10.2.